The molecule has 0 aromatic heterocycles. The van der Waals surface area contributed by atoms with Gasteiger partial charge in [-0.05, 0) is 55.7 Å². The van der Waals surface area contributed by atoms with Gasteiger partial charge in [-0.1, -0.05) is 12.1 Å². The van der Waals surface area contributed by atoms with E-state index in [2.05, 4.69) is 23.6 Å². The van der Waals surface area contributed by atoms with Crippen LogP contribution in [0.5, 0.6) is 5.75 Å². The standard InChI is InChI=1S/C17H18N2O2/c1-11-5-6-12-3-2-4-15(16(12)18-11)19-17(21)13-7-9-14(20)10-8-13/h2-4,7-11,18,20H,5-6H2,1H3,(H,19,21). The molecule has 1 atom stereocenters. The van der Waals surface area contributed by atoms with Crippen molar-refractivity contribution in [2.24, 2.45) is 0 Å². The second kappa shape index (κ2) is 5.48. The Bertz CT molecular complexity index is 665. The van der Waals surface area contributed by atoms with Crippen molar-refractivity contribution in [3.8, 4) is 5.75 Å². The first-order valence-electron chi connectivity index (χ1n) is 7.12. The fourth-order valence-corrected chi connectivity index (χ4v) is 2.58. The van der Waals surface area contributed by atoms with Gasteiger partial charge in [-0.2, -0.15) is 0 Å². The maximum Gasteiger partial charge on any atom is 0.255 e. The van der Waals surface area contributed by atoms with Crippen LogP contribution in [-0.4, -0.2) is 17.1 Å². The first-order chi connectivity index (χ1) is 10.1. The van der Waals surface area contributed by atoms with E-state index >= 15 is 0 Å². The third-order valence-corrected chi connectivity index (χ3v) is 3.77. The molecule has 3 rings (SSSR count). The molecule has 0 saturated carbocycles. The Morgan fingerprint density at radius 1 is 1.24 bits per heavy atom. The fourth-order valence-electron chi connectivity index (χ4n) is 2.58. The zero-order valence-corrected chi connectivity index (χ0v) is 11.9. The average Bonchev–Trinajstić information content (AvgIpc) is 2.48. The van der Waals surface area contributed by atoms with Gasteiger partial charge >= 0.3 is 0 Å². The van der Waals surface area contributed by atoms with E-state index in [4.69, 9.17) is 0 Å². The molecular formula is C17H18N2O2. The Balaban J connectivity index is 1.85. The van der Waals surface area contributed by atoms with Crippen molar-refractivity contribution in [2.75, 3.05) is 10.6 Å². The number of carbonyl (C=O) groups is 1. The number of hydrogen-bond donors (Lipinski definition) is 3. The van der Waals surface area contributed by atoms with Crippen molar-refractivity contribution in [1.29, 1.82) is 0 Å². The van der Waals surface area contributed by atoms with Crippen molar-refractivity contribution in [1.82, 2.24) is 0 Å². The first-order valence-corrected chi connectivity index (χ1v) is 7.12. The smallest absolute Gasteiger partial charge is 0.255 e. The zero-order valence-electron chi connectivity index (χ0n) is 11.9. The third-order valence-electron chi connectivity index (χ3n) is 3.77. The molecule has 0 fully saturated rings. The summed E-state index contributed by atoms with van der Waals surface area (Å²) in [5.74, 6) is -0.0254. The number of rotatable bonds is 2. The van der Waals surface area contributed by atoms with Crippen LogP contribution < -0.4 is 10.6 Å². The molecule has 0 spiro atoms. The van der Waals surface area contributed by atoms with E-state index in [9.17, 15) is 9.90 Å². The molecule has 1 aliphatic rings. The topological polar surface area (TPSA) is 61.4 Å². The number of fused-ring (bicyclic) bond motifs is 1. The van der Waals surface area contributed by atoms with Crippen LogP contribution in [0.4, 0.5) is 11.4 Å². The number of carbonyl (C=O) groups excluding carboxylic acids is 1. The summed E-state index contributed by atoms with van der Waals surface area (Å²) in [4.78, 5) is 12.3. The molecule has 0 radical (unpaired) electrons. The fraction of sp³-hybridized carbons (Fsp3) is 0.235. The minimum absolute atomic E-state index is 0.152. The van der Waals surface area contributed by atoms with E-state index in [0.29, 0.717) is 11.6 Å². The quantitative estimate of drug-likeness (QED) is 0.791. The maximum atomic E-state index is 12.3. The second-order valence-electron chi connectivity index (χ2n) is 5.42. The van der Waals surface area contributed by atoms with E-state index in [1.807, 2.05) is 12.1 Å². The maximum absolute atomic E-state index is 12.3. The third kappa shape index (κ3) is 2.84. The molecule has 1 amide bonds. The van der Waals surface area contributed by atoms with Gasteiger partial charge < -0.3 is 15.7 Å². The first kappa shape index (κ1) is 13.5. The molecule has 1 unspecified atom stereocenters. The molecular weight excluding hydrogens is 264 g/mol. The lowest BCUT2D eigenvalue weighted by Crippen LogP contribution is -2.24. The zero-order chi connectivity index (χ0) is 14.8. The van der Waals surface area contributed by atoms with Crippen molar-refractivity contribution in [3.05, 3.63) is 53.6 Å². The van der Waals surface area contributed by atoms with E-state index in [1.165, 1.54) is 17.7 Å². The summed E-state index contributed by atoms with van der Waals surface area (Å²) in [6.07, 6.45) is 2.12. The van der Waals surface area contributed by atoms with Crippen molar-refractivity contribution < 1.29 is 9.90 Å². The summed E-state index contributed by atoms with van der Waals surface area (Å²) in [5.41, 5.74) is 3.58. The number of phenolic OH excluding ortho intramolecular Hbond substituents is 1. The minimum Gasteiger partial charge on any atom is -0.508 e. The Morgan fingerprint density at radius 3 is 2.76 bits per heavy atom. The van der Waals surface area contributed by atoms with Crippen LogP contribution >= 0.6 is 0 Å². The number of aromatic hydroxyl groups is 1. The second-order valence-corrected chi connectivity index (χ2v) is 5.42. The molecule has 0 saturated heterocycles. The lowest BCUT2D eigenvalue weighted by molar-refractivity contribution is 0.102. The molecule has 3 N–H and O–H groups in total. The van der Waals surface area contributed by atoms with Gasteiger partial charge in [0, 0.05) is 11.6 Å². The molecule has 1 heterocycles. The van der Waals surface area contributed by atoms with Crippen LogP contribution in [-0.2, 0) is 6.42 Å². The Labute approximate surface area is 123 Å². The highest BCUT2D eigenvalue weighted by atomic mass is 16.3. The number of aryl methyl sites for hydroxylation is 1. The van der Waals surface area contributed by atoms with Crippen LogP contribution in [0.25, 0.3) is 0 Å². The Morgan fingerprint density at radius 2 is 2.00 bits per heavy atom. The summed E-state index contributed by atoms with van der Waals surface area (Å²) >= 11 is 0. The molecule has 21 heavy (non-hydrogen) atoms. The van der Waals surface area contributed by atoms with Crippen molar-refractivity contribution >= 4 is 17.3 Å². The summed E-state index contributed by atoms with van der Waals surface area (Å²) in [5, 5.41) is 15.7. The molecule has 4 nitrogen and oxygen atoms in total. The Hall–Kier alpha value is -2.49. The SMILES string of the molecule is CC1CCc2cccc(NC(=O)c3ccc(O)cc3)c2N1. The summed E-state index contributed by atoms with van der Waals surface area (Å²) < 4.78 is 0. The summed E-state index contributed by atoms with van der Waals surface area (Å²) in [6, 6.07) is 12.6. The summed E-state index contributed by atoms with van der Waals surface area (Å²) in [7, 11) is 0. The molecule has 108 valence electrons. The molecule has 0 aliphatic carbocycles. The number of anilines is 2. The van der Waals surface area contributed by atoms with Gasteiger partial charge in [0.15, 0.2) is 0 Å². The van der Waals surface area contributed by atoms with Gasteiger partial charge in [-0.15, -0.1) is 0 Å². The number of phenols is 1. The summed E-state index contributed by atoms with van der Waals surface area (Å²) in [6.45, 7) is 2.14. The van der Waals surface area contributed by atoms with Gasteiger partial charge in [0.1, 0.15) is 5.75 Å². The molecule has 1 aliphatic heterocycles. The van der Waals surface area contributed by atoms with E-state index in [-0.39, 0.29) is 11.7 Å². The number of amides is 1. The predicted octanol–water partition coefficient (Wildman–Crippen LogP) is 3.39. The van der Waals surface area contributed by atoms with Crippen LogP contribution in [0.1, 0.15) is 29.3 Å². The molecule has 2 aromatic rings. The van der Waals surface area contributed by atoms with Gasteiger partial charge in [0.25, 0.3) is 5.91 Å². The number of benzene rings is 2. The minimum atomic E-state index is -0.177. The van der Waals surface area contributed by atoms with Crippen LogP contribution in [0, 0.1) is 0 Å². The van der Waals surface area contributed by atoms with Crippen molar-refractivity contribution in [3.63, 3.8) is 0 Å². The van der Waals surface area contributed by atoms with E-state index in [1.54, 1.807) is 12.1 Å². The predicted molar refractivity (Wildman–Crippen MR) is 83.9 cm³/mol. The number of nitrogens with one attached hydrogen (secondary N) is 2. The highest BCUT2D eigenvalue weighted by Gasteiger charge is 2.18. The monoisotopic (exact) mass is 282 g/mol. The molecule has 2 aromatic carbocycles. The highest BCUT2D eigenvalue weighted by Crippen LogP contribution is 2.32. The van der Waals surface area contributed by atoms with Crippen molar-refractivity contribution in [2.45, 2.75) is 25.8 Å². The molecule has 0 bridgehead atoms. The lowest BCUT2D eigenvalue weighted by Gasteiger charge is -2.26. The number of hydrogen-bond acceptors (Lipinski definition) is 3. The van der Waals surface area contributed by atoms with E-state index in [0.717, 1.165) is 24.2 Å². The average molecular weight is 282 g/mol. The van der Waals surface area contributed by atoms with Crippen LogP contribution in [0.15, 0.2) is 42.5 Å². The molecule has 4 heteroatoms. The highest BCUT2D eigenvalue weighted by molar-refractivity contribution is 6.06. The largest absolute Gasteiger partial charge is 0.508 e. The van der Waals surface area contributed by atoms with Gasteiger partial charge in [-0.25, -0.2) is 0 Å². The Kier molecular flexibility index (Phi) is 3.52. The van der Waals surface area contributed by atoms with E-state index < -0.39 is 0 Å². The lowest BCUT2D eigenvalue weighted by atomic mass is 9.98. The van der Waals surface area contributed by atoms with Crippen LogP contribution in [0.3, 0.4) is 0 Å². The normalized spacial score (nSPS) is 16.7. The number of para-hydroxylation sites is 1. The van der Waals surface area contributed by atoms with Crippen LogP contribution in [0.2, 0.25) is 0 Å². The van der Waals surface area contributed by atoms with Gasteiger partial charge in [0.2, 0.25) is 0 Å². The van der Waals surface area contributed by atoms with Gasteiger partial charge in [0.05, 0.1) is 11.4 Å². The van der Waals surface area contributed by atoms with Gasteiger partial charge in [-0.3, -0.25) is 4.79 Å².